The Morgan fingerprint density at radius 2 is 2.22 bits per heavy atom. The van der Waals surface area contributed by atoms with E-state index in [1.165, 1.54) is 6.07 Å². The van der Waals surface area contributed by atoms with Crippen LogP contribution in [0, 0.1) is 0 Å². The fourth-order valence-electron chi connectivity index (χ4n) is 1.91. The molecule has 6 heteroatoms. The van der Waals surface area contributed by atoms with Crippen molar-refractivity contribution in [3.05, 3.63) is 41.2 Å². The zero-order chi connectivity index (χ0) is 12.7. The highest BCUT2D eigenvalue weighted by molar-refractivity contribution is 6.36. The molecule has 0 unspecified atom stereocenters. The van der Waals surface area contributed by atoms with Gasteiger partial charge in [0.15, 0.2) is 0 Å². The minimum Gasteiger partial charge on any atom is -0.477 e. The Morgan fingerprint density at radius 3 is 2.94 bits per heavy atom. The molecule has 0 atom stereocenters. The third-order valence-electron chi connectivity index (χ3n) is 2.74. The average molecular weight is 262 g/mol. The molecule has 0 aliphatic carbocycles. The van der Waals surface area contributed by atoms with Crippen molar-refractivity contribution in [2.75, 3.05) is 0 Å². The normalized spacial score (nSPS) is 10.9. The Kier molecular flexibility index (Phi) is 2.34. The number of nitrogens with zero attached hydrogens (tertiary/aromatic N) is 1. The van der Waals surface area contributed by atoms with E-state index in [2.05, 4.69) is 15.2 Å². The summed E-state index contributed by atoms with van der Waals surface area (Å²) in [5.74, 6) is -1.04. The SMILES string of the molecule is O=C(O)c1cc(-c2c[nH]c3cccc(Cl)c23)n[nH]1. The van der Waals surface area contributed by atoms with Crippen molar-refractivity contribution in [1.82, 2.24) is 15.2 Å². The van der Waals surface area contributed by atoms with Crippen LogP contribution in [0.3, 0.4) is 0 Å². The van der Waals surface area contributed by atoms with Gasteiger partial charge >= 0.3 is 5.97 Å². The van der Waals surface area contributed by atoms with Gasteiger partial charge < -0.3 is 10.1 Å². The van der Waals surface area contributed by atoms with Gasteiger partial charge in [-0.1, -0.05) is 17.7 Å². The van der Waals surface area contributed by atoms with Crippen molar-refractivity contribution in [1.29, 1.82) is 0 Å². The first-order chi connectivity index (χ1) is 8.66. The molecule has 18 heavy (non-hydrogen) atoms. The van der Waals surface area contributed by atoms with E-state index in [9.17, 15) is 4.79 Å². The third kappa shape index (κ3) is 1.56. The van der Waals surface area contributed by atoms with Crippen LogP contribution in [0.15, 0.2) is 30.5 Å². The number of fused-ring (bicyclic) bond motifs is 1. The molecule has 0 fully saturated rings. The van der Waals surface area contributed by atoms with Crippen molar-refractivity contribution in [3.8, 4) is 11.3 Å². The van der Waals surface area contributed by atoms with Crippen molar-refractivity contribution in [2.24, 2.45) is 0 Å². The van der Waals surface area contributed by atoms with Crippen LogP contribution in [0.4, 0.5) is 0 Å². The molecule has 0 bridgehead atoms. The fourth-order valence-corrected chi connectivity index (χ4v) is 2.19. The van der Waals surface area contributed by atoms with Gasteiger partial charge in [-0.25, -0.2) is 4.79 Å². The monoisotopic (exact) mass is 261 g/mol. The number of aromatic amines is 2. The molecule has 0 spiro atoms. The van der Waals surface area contributed by atoms with E-state index in [0.29, 0.717) is 10.7 Å². The molecule has 0 amide bonds. The molecule has 0 saturated carbocycles. The summed E-state index contributed by atoms with van der Waals surface area (Å²) in [6, 6.07) is 7.01. The summed E-state index contributed by atoms with van der Waals surface area (Å²) in [5.41, 5.74) is 2.26. The number of benzene rings is 1. The molecule has 3 N–H and O–H groups in total. The van der Waals surface area contributed by atoms with Crippen molar-refractivity contribution < 1.29 is 9.90 Å². The first-order valence-corrected chi connectivity index (χ1v) is 5.59. The van der Waals surface area contributed by atoms with Gasteiger partial charge in [-0.2, -0.15) is 5.10 Å². The van der Waals surface area contributed by atoms with Gasteiger partial charge in [-0.3, -0.25) is 5.10 Å². The quantitative estimate of drug-likeness (QED) is 0.663. The standard InChI is InChI=1S/C12H8ClN3O2/c13-7-2-1-3-8-11(7)6(5-14-8)9-4-10(12(17)18)16-15-9/h1-5,14H,(H,15,16)(H,17,18). The second-order valence-electron chi connectivity index (χ2n) is 3.84. The van der Waals surface area contributed by atoms with Crippen LogP contribution in [0.1, 0.15) is 10.5 Å². The maximum atomic E-state index is 10.8. The molecule has 3 aromatic rings. The topological polar surface area (TPSA) is 81.8 Å². The van der Waals surface area contributed by atoms with E-state index in [4.69, 9.17) is 16.7 Å². The van der Waals surface area contributed by atoms with Crippen LogP contribution in [0.25, 0.3) is 22.2 Å². The van der Waals surface area contributed by atoms with E-state index in [-0.39, 0.29) is 5.69 Å². The minimum absolute atomic E-state index is 0.0476. The predicted octanol–water partition coefficient (Wildman–Crippen LogP) is 2.91. The van der Waals surface area contributed by atoms with Crippen molar-refractivity contribution in [2.45, 2.75) is 0 Å². The van der Waals surface area contributed by atoms with Crippen molar-refractivity contribution in [3.63, 3.8) is 0 Å². The number of carbonyl (C=O) groups is 1. The summed E-state index contributed by atoms with van der Waals surface area (Å²) < 4.78 is 0. The molecule has 0 radical (unpaired) electrons. The molecular weight excluding hydrogens is 254 g/mol. The number of carboxylic acid groups (broad SMARTS) is 1. The first kappa shape index (κ1) is 10.9. The van der Waals surface area contributed by atoms with Crippen LogP contribution in [0.5, 0.6) is 0 Å². The maximum absolute atomic E-state index is 10.8. The van der Waals surface area contributed by atoms with E-state index < -0.39 is 5.97 Å². The van der Waals surface area contributed by atoms with Crippen molar-refractivity contribution >= 4 is 28.5 Å². The summed E-state index contributed by atoms with van der Waals surface area (Å²) in [4.78, 5) is 13.9. The molecule has 1 aromatic carbocycles. The number of aromatic nitrogens is 3. The lowest BCUT2D eigenvalue weighted by atomic mass is 10.1. The molecular formula is C12H8ClN3O2. The Labute approximate surface area is 106 Å². The number of aromatic carboxylic acids is 1. The zero-order valence-corrected chi connectivity index (χ0v) is 9.82. The van der Waals surface area contributed by atoms with Gasteiger partial charge in [0.2, 0.25) is 0 Å². The Morgan fingerprint density at radius 1 is 1.39 bits per heavy atom. The van der Waals surface area contributed by atoms with E-state index in [0.717, 1.165) is 16.5 Å². The number of H-pyrrole nitrogens is 2. The molecule has 5 nitrogen and oxygen atoms in total. The molecule has 0 aliphatic heterocycles. The second kappa shape index (κ2) is 3.89. The number of nitrogens with one attached hydrogen (secondary N) is 2. The fraction of sp³-hybridized carbons (Fsp3) is 0. The molecule has 2 aromatic heterocycles. The predicted molar refractivity (Wildman–Crippen MR) is 67.8 cm³/mol. The number of hydrogen-bond acceptors (Lipinski definition) is 2. The van der Waals surface area contributed by atoms with E-state index in [1.807, 2.05) is 12.1 Å². The Balaban J connectivity index is 2.22. The summed E-state index contributed by atoms with van der Waals surface area (Å²) >= 11 is 6.15. The van der Waals surface area contributed by atoms with Crippen LogP contribution in [-0.4, -0.2) is 26.3 Å². The first-order valence-electron chi connectivity index (χ1n) is 5.21. The van der Waals surface area contributed by atoms with Crippen LogP contribution < -0.4 is 0 Å². The van der Waals surface area contributed by atoms with Crippen LogP contribution in [-0.2, 0) is 0 Å². The van der Waals surface area contributed by atoms with Gasteiger partial charge in [-0.15, -0.1) is 0 Å². The molecule has 0 aliphatic rings. The average Bonchev–Trinajstić information content (AvgIpc) is 2.94. The van der Waals surface area contributed by atoms with Gasteiger partial charge in [0.25, 0.3) is 0 Å². The summed E-state index contributed by atoms with van der Waals surface area (Å²) in [5, 5.41) is 16.8. The highest BCUT2D eigenvalue weighted by atomic mass is 35.5. The zero-order valence-electron chi connectivity index (χ0n) is 9.07. The largest absolute Gasteiger partial charge is 0.477 e. The van der Waals surface area contributed by atoms with E-state index in [1.54, 1.807) is 12.3 Å². The number of hydrogen-bond donors (Lipinski definition) is 3. The highest BCUT2D eigenvalue weighted by Gasteiger charge is 2.14. The van der Waals surface area contributed by atoms with Gasteiger partial charge in [0.05, 0.1) is 10.7 Å². The van der Waals surface area contributed by atoms with Gasteiger partial charge in [-0.05, 0) is 18.2 Å². The van der Waals surface area contributed by atoms with Crippen LogP contribution in [0.2, 0.25) is 5.02 Å². The summed E-state index contributed by atoms with van der Waals surface area (Å²) in [6.07, 6.45) is 1.76. The maximum Gasteiger partial charge on any atom is 0.353 e. The second-order valence-corrected chi connectivity index (χ2v) is 4.24. The molecule has 0 saturated heterocycles. The third-order valence-corrected chi connectivity index (χ3v) is 3.05. The molecule has 3 rings (SSSR count). The van der Waals surface area contributed by atoms with E-state index >= 15 is 0 Å². The lowest BCUT2D eigenvalue weighted by molar-refractivity contribution is 0.0690. The molecule has 2 heterocycles. The number of halogens is 1. The number of rotatable bonds is 2. The lowest BCUT2D eigenvalue weighted by Crippen LogP contribution is -1.95. The Hall–Kier alpha value is -2.27. The lowest BCUT2D eigenvalue weighted by Gasteiger charge is -1.96. The van der Waals surface area contributed by atoms with Gasteiger partial charge in [0.1, 0.15) is 5.69 Å². The summed E-state index contributed by atoms with van der Waals surface area (Å²) in [6.45, 7) is 0. The summed E-state index contributed by atoms with van der Waals surface area (Å²) in [7, 11) is 0. The minimum atomic E-state index is -1.04. The number of carboxylic acids is 1. The Bertz CT molecular complexity index is 745. The smallest absolute Gasteiger partial charge is 0.353 e. The van der Waals surface area contributed by atoms with Gasteiger partial charge in [0, 0.05) is 22.7 Å². The highest BCUT2D eigenvalue weighted by Crippen LogP contribution is 2.32. The van der Waals surface area contributed by atoms with Crippen LogP contribution >= 0.6 is 11.6 Å². The molecule has 90 valence electrons.